The van der Waals surface area contributed by atoms with Gasteiger partial charge in [-0.2, -0.15) is 0 Å². The van der Waals surface area contributed by atoms with Gasteiger partial charge in [-0.3, -0.25) is 0 Å². The van der Waals surface area contributed by atoms with Gasteiger partial charge in [0.15, 0.2) is 0 Å². The Bertz CT molecular complexity index is 139. The molecule has 0 aromatic carbocycles. The standard InChI is InChI=1S/C16H35NO/c1-16(18)14-12-10-8-6-4-5-7-9-11-13-15-17(2)3/h16,18H,4-15H2,1-3H3. The van der Waals surface area contributed by atoms with Crippen LogP contribution in [0.2, 0.25) is 0 Å². The highest BCUT2D eigenvalue weighted by Gasteiger charge is 1.96. The fourth-order valence-corrected chi connectivity index (χ4v) is 2.28. The molecule has 0 aliphatic rings. The molecule has 0 aromatic rings. The minimum atomic E-state index is -0.104. The van der Waals surface area contributed by atoms with E-state index < -0.39 is 0 Å². The smallest absolute Gasteiger partial charge is 0.0512 e. The van der Waals surface area contributed by atoms with Crippen molar-refractivity contribution in [2.45, 2.75) is 83.7 Å². The Morgan fingerprint density at radius 3 is 1.50 bits per heavy atom. The number of rotatable bonds is 13. The highest BCUT2D eigenvalue weighted by Crippen LogP contribution is 2.11. The normalized spacial score (nSPS) is 13.2. The van der Waals surface area contributed by atoms with Gasteiger partial charge in [0.2, 0.25) is 0 Å². The summed E-state index contributed by atoms with van der Waals surface area (Å²) in [6.07, 6.45) is 14.5. The van der Waals surface area contributed by atoms with Gasteiger partial charge in [-0.1, -0.05) is 57.8 Å². The third-order valence-electron chi connectivity index (χ3n) is 3.48. The Kier molecular flexibility index (Phi) is 13.3. The summed E-state index contributed by atoms with van der Waals surface area (Å²) in [5, 5.41) is 9.13. The van der Waals surface area contributed by atoms with Crippen LogP contribution in [0, 0.1) is 0 Å². The predicted molar refractivity (Wildman–Crippen MR) is 81.0 cm³/mol. The molecule has 2 heteroatoms. The third kappa shape index (κ3) is 15.9. The molecule has 18 heavy (non-hydrogen) atoms. The summed E-state index contributed by atoms with van der Waals surface area (Å²) in [5.41, 5.74) is 0. The molecule has 0 aliphatic carbocycles. The van der Waals surface area contributed by atoms with E-state index in [0.29, 0.717) is 0 Å². The SMILES string of the molecule is CC(O)CCCCCCCCCCCCN(C)C. The molecule has 0 radical (unpaired) electrons. The fraction of sp³-hybridized carbons (Fsp3) is 1.00. The van der Waals surface area contributed by atoms with E-state index in [0.717, 1.165) is 6.42 Å². The zero-order valence-corrected chi connectivity index (χ0v) is 13.0. The zero-order valence-electron chi connectivity index (χ0n) is 13.0. The molecule has 0 rings (SSSR count). The van der Waals surface area contributed by atoms with Gasteiger partial charge in [0.25, 0.3) is 0 Å². The Balaban J connectivity index is 2.95. The molecule has 0 amide bonds. The minimum Gasteiger partial charge on any atom is -0.393 e. The van der Waals surface area contributed by atoms with Crippen LogP contribution in [0.25, 0.3) is 0 Å². The van der Waals surface area contributed by atoms with Gasteiger partial charge in [-0.05, 0) is 40.4 Å². The molecule has 1 atom stereocenters. The molecule has 0 fully saturated rings. The summed E-state index contributed by atoms with van der Waals surface area (Å²) >= 11 is 0. The summed E-state index contributed by atoms with van der Waals surface area (Å²) in [6, 6.07) is 0. The van der Waals surface area contributed by atoms with Crippen LogP contribution >= 0.6 is 0 Å². The van der Waals surface area contributed by atoms with Crippen LogP contribution in [-0.4, -0.2) is 36.8 Å². The zero-order chi connectivity index (χ0) is 13.6. The van der Waals surface area contributed by atoms with E-state index in [1.807, 2.05) is 6.92 Å². The van der Waals surface area contributed by atoms with Crippen molar-refractivity contribution in [3.63, 3.8) is 0 Å². The molecule has 1 N–H and O–H groups in total. The molecule has 0 aliphatic heterocycles. The van der Waals surface area contributed by atoms with E-state index in [2.05, 4.69) is 19.0 Å². The van der Waals surface area contributed by atoms with Crippen LogP contribution in [0.4, 0.5) is 0 Å². The van der Waals surface area contributed by atoms with Crippen molar-refractivity contribution in [3.05, 3.63) is 0 Å². The van der Waals surface area contributed by atoms with E-state index >= 15 is 0 Å². The second kappa shape index (κ2) is 13.4. The van der Waals surface area contributed by atoms with E-state index in [1.54, 1.807) is 0 Å². The maximum atomic E-state index is 9.13. The first-order chi connectivity index (χ1) is 8.63. The number of aliphatic hydroxyl groups is 1. The van der Waals surface area contributed by atoms with Gasteiger partial charge in [0.1, 0.15) is 0 Å². The Hall–Kier alpha value is -0.0800. The molecule has 1 unspecified atom stereocenters. The molecule has 0 bridgehead atoms. The highest BCUT2D eigenvalue weighted by atomic mass is 16.3. The lowest BCUT2D eigenvalue weighted by Gasteiger charge is -2.08. The summed E-state index contributed by atoms with van der Waals surface area (Å²) < 4.78 is 0. The molecule has 0 saturated heterocycles. The summed E-state index contributed by atoms with van der Waals surface area (Å²) in [7, 11) is 4.30. The second-order valence-corrected chi connectivity index (χ2v) is 5.98. The Labute approximate surface area is 115 Å². The monoisotopic (exact) mass is 257 g/mol. The van der Waals surface area contributed by atoms with Gasteiger partial charge in [0.05, 0.1) is 6.10 Å². The lowest BCUT2D eigenvalue weighted by atomic mass is 10.0. The van der Waals surface area contributed by atoms with Crippen molar-refractivity contribution in [2.75, 3.05) is 20.6 Å². The first kappa shape index (κ1) is 17.9. The maximum absolute atomic E-state index is 9.13. The average molecular weight is 257 g/mol. The first-order valence-electron chi connectivity index (χ1n) is 7.95. The van der Waals surface area contributed by atoms with Crippen molar-refractivity contribution in [1.29, 1.82) is 0 Å². The first-order valence-corrected chi connectivity index (χ1v) is 7.95. The second-order valence-electron chi connectivity index (χ2n) is 5.98. The number of hydrogen-bond acceptors (Lipinski definition) is 2. The van der Waals surface area contributed by atoms with E-state index in [9.17, 15) is 0 Å². The summed E-state index contributed by atoms with van der Waals surface area (Å²) in [4.78, 5) is 2.27. The van der Waals surface area contributed by atoms with Gasteiger partial charge in [0, 0.05) is 0 Å². The van der Waals surface area contributed by atoms with Crippen molar-refractivity contribution in [2.24, 2.45) is 0 Å². The number of aliphatic hydroxyl groups excluding tert-OH is 1. The van der Waals surface area contributed by atoms with Crippen LogP contribution < -0.4 is 0 Å². The van der Waals surface area contributed by atoms with Gasteiger partial charge >= 0.3 is 0 Å². The summed E-state index contributed by atoms with van der Waals surface area (Å²) in [6.45, 7) is 3.12. The van der Waals surface area contributed by atoms with Crippen LogP contribution in [0.1, 0.15) is 77.6 Å². The minimum absolute atomic E-state index is 0.104. The van der Waals surface area contributed by atoms with E-state index in [1.165, 1.54) is 70.8 Å². The average Bonchev–Trinajstić information content (AvgIpc) is 2.29. The number of hydrogen-bond donors (Lipinski definition) is 1. The van der Waals surface area contributed by atoms with Crippen molar-refractivity contribution < 1.29 is 5.11 Å². The molecular weight excluding hydrogens is 222 g/mol. The lowest BCUT2D eigenvalue weighted by molar-refractivity contribution is 0.180. The predicted octanol–water partition coefficient (Wildman–Crippen LogP) is 4.22. The van der Waals surface area contributed by atoms with Crippen LogP contribution in [0.15, 0.2) is 0 Å². The largest absolute Gasteiger partial charge is 0.393 e. The van der Waals surface area contributed by atoms with Gasteiger partial charge < -0.3 is 10.0 Å². The molecule has 0 aromatic heterocycles. The topological polar surface area (TPSA) is 23.5 Å². The van der Waals surface area contributed by atoms with Crippen molar-refractivity contribution in [1.82, 2.24) is 4.90 Å². The lowest BCUT2D eigenvalue weighted by Crippen LogP contribution is -2.12. The van der Waals surface area contributed by atoms with Crippen LogP contribution in [0.5, 0.6) is 0 Å². The van der Waals surface area contributed by atoms with Gasteiger partial charge in [-0.25, -0.2) is 0 Å². The van der Waals surface area contributed by atoms with Crippen LogP contribution in [-0.2, 0) is 0 Å². The summed E-state index contributed by atoms with van der Waals surface area (Å²) in [5.74, 6) is 0. The van der Waals surface area contributed by atoms with Crippen molar-refractivity contribution in [3.8, 4) is 0 Å². The van der Waals surface area contributed by atoms with E-state index in [-0.39, 0.29) is 6.10 Å². The van der Waals surface area contributed by atoms with E-state index in [4.69, 9.17) is 5.11 Å². The number of unbranched alkanes of at least 4 members (excludes halogenated alkanes) is 9. The highest BCUT2D eigenvalue weighted by molar-refractivity contribution is 4.51. The van der Waals surface area contributed by atoms with Crippen LogP contribution in [0.3, 0.4) is 0 Å². The molecule has 0 heterocycles. The third-order valence-corrected chi connectivity index (χ3v) is 3.48. The van der Waals surface area contributed by atoms with Gasteiger partial charge in [-0.15, -0.1) is 0 Å². The molecule has 0 saturated carbocycles. The van der Waals surface area contributed by atoms with Crippen molar-refractivity contribution >= 4 is 0 Å². The Morgan fingerprint density at radius 1 is 0.722 bits per heavy atom. The number of nitrogens with zero attached hydrogens (tertiary/aromatic N) is 1. The Morgan fingerprint density at radius 2 is 1.11 bits per heavy atom. The maximum Gasteiger partial charge on any atom is 0.0512 e. The molecular formula is C16H35NO. The quantitative estimate of drug-likeness (QED) is 0.499. The molecule has 2 nitrogen and oxygen atoms in total. The molecule has 0 spiro atoms. The fourth-order valence-electron chi connectivity index (χ4n) is 2.28. The molecule has 110 valence electrons.